The van der Waals surface area contributed by atoms with Crippen molar-refractivity contribution in [1.82, 2.24) is 4.98 Å². The largest absolute Gasteiger partial charge is 0.496 e. The van der Waals surface area contributed by atoms with Crippen molar-refractivity contribution in [3.8, 4) is 5.75 Å². The second kappa shape index (κ2) is 8.92. The Balaban J connectivity index is 1.91. The van der Waals surface area contributed by atoms with Crippen molar-refractivity contribution in [3.05, 3.63) is 45.4 Å². The molecule has 0 saturated carbocycles. The molecule has 0 aliphatic heterocycles. The average molecular weight is 475 g/mol. The summed E-state index contributed by atoms with van der Waals surface area (Å²) in [4.78, 5) is 17.4. The Morgan fingerprint density at radius 3 is 2.72 bits per heavy atom. The number of nitrogens with one attached hydrogen (secondary N) is 2. The fourth-order valence-corrected chi connectivity index (χ4v) is 4.27. The first-order valence-corrected chi connectivity index (χ1v) is 10.8. The normalized spacial score (nSPS) is 11.6. The van der Waals surface area contributed by atoms with E-state index in [0.29, 0.717) is 11.3 Å². The number of rotatable bonds is 6. The zero-order chi connectivity index (χ0) is 21.1. The molecular formula is C21H23BrN4O2S. The van der Waals surface area contributed by atoms with Gasteiger partial charge in [-0.25, -0.2) is 4.98 Å². The highest BCUT2D eigenvalue weighted by Crippen LogP contribution is 2.35. The van der Waals surface area contributed by atoms with Crippen molar-refractivity contribution in [2.24, 2.45) is 5.10 Å². The van der Waals surface area contributed by atoms with E-state index in [4.69, 9.17) is 4.74 Å². The van der Waals surface area contributed by atoms with Crippen LogP contribution in [0.2, 0.25) is 0 Å². The molecule has 2 aromatic carbocycles. The third kappa shape index (κ3) is 4.59. The summed E-state index contributed by atoms with van der Waals surface area (Å²) in [5.41, 5.74) is 8.23. The Morgan fingerprint density at radius 1 is 1.31 bits per heavy atom. The summed E-state index contributed by atoms with van der Waals surface area (Å²) in [5, 5.41) is 8.11. The molecular weight excluding hydrogens is 452 g/mol. The van der Waals surface area contributed by atoms with Crippen molar-refractivity contribution in [3.63, 3.8) is 0 Å². The van der Waals surface area contributed by atoms with Gasteiger partial charge in [0, 0.05) is 17.0 Å². The number of ether oxygens (including phenoxy) is 1. The van der Waals surface area contributed by atoms with Crippen LogP contribution in [-0.2, 0) is 0 Å². The molecule has 0 atom stereocenters. The first kappa shape index (κ1) is 21.3. The number of thiazole rings is 1. The molecule has 0 unspecified atom stereocenters. The van der Waals surface area contributed by atoms with Crippen LogP contribution in [0.5, 0.6) is 5.75 Å². The molecule has 3 rings (SSSR count). The number of anilines is 2. The summed E-state index contributed by atoms with van der Waals surface area (Å²) in [6.07, 6.45) is 0.883. The van der Waals surface area contributed by atoms with E-state index in [1.165, 1.54) is 11.3 Å². The van der Waals surface area contributed by atoms with Crippen LogP contribution in [-0.4, -0.2) is 23.7 Å². The van der Waals surface area contributed by atoms with Crippen LogP contribution in [0, 0.1) is 13.8 Å². The van der Waals surface area contributed by atoms with Gasteiger partial charge in [0.05, 0.1) is 21.8 Å². The minimum atomic E-state index is -0.176. The zero-order valence-corrected chi connectivity index (χ0v) is 19.4. The molecule has 8 heteroatoms. The third-order valence-corrected chi connectivity index (χ3v) is 6.34. The fourth-order valence-electron chi connectivity index (χ4n) is 2.84. The number of halogens is 1. The molecule has 3 aromatic rings. The first-order chi connectivity index (χ1) is 13.8. The van der Waals surface area contributed by atoms with Gasteiger partial charge in [-0.1, -0.05) is 18.3 Å². The maximum atomic E-state index is 12.8. The van der Waals surface area contributed by atoms with E-state index in [-0.39, 0.29) is 5.91 Å². The van der Waals surface area contributed by atoms with Gasteiger partial charge in [0.25, 0.3) is 5.91 Å². The van der Waals surface area contributed by atoms with Crippen LogP contribution < -0.4 is 15.5 Å². The van der Waals surface area contributed by atoms with Gasteiger partial charge in [-0.3, -0.25) is 10.2 Å². The average Bonchev–Trinajstić information content (AvgIpc) is 3.11. The maximum absolute atomic E-state index is 12.8. The Morgan fingerprint density at radius 2 is 2.07 bits per heavy atom. The molecule has 0 aliphatic carbocycles. The maximum Gasteiger partial charge on any atom is 0.255 e. The number of amides is 1. The van der Waals surface area contributed by atoms with E-state index >= 15 is 0 Å². The van der Waals surface area contributed by atoms with Gasteiger partial charge in [0.1, 0.15) is 5.75 Å². The van der Waals surface area contributed by atoms with E-state index in [9.17, 15) is 4.79 Å². The Labute approximate surface area is 182 Å². The lowest BCUT2D eigenvalue weighted by atomic mass is 10.1. The Bertz CT molecular complexity index is 1110. The predicted octanol–water partition coefficient (Wildman–Crippen LogP) is 6.13. The van der Waals surface area contributed by atoms with Crippen molar-refractivity contribution in [2.75, 3.05) is 17.9 Å². The van der Waals surface area contributed by atoms with E-state index < -0.39 is 0 Å². The molecule has 6 nitrogen and oxygen atoms in total. The SMILES string of the molecule is CC/C(C)=N\Nc1nc2cc(C)c(NC(=O)c3ccc(OC)c(Br)c3)c(C)c2s1. The summed E-state index contributed by atoms with van der Waals surface area (Å²) in [7, 11) is 1.59. The smallest absolute Gasteiger partial charge is 0.255 e. The molecule has 1 amide bonds. The van der Waals surface area contributed by atoms with Gasteiger partial charge >= 0.3 is 0 Å². The highest BCUT2D eigenvalue weighted by molar-refractivity contribution is 9.10. The monoisotopic (exact) mass is 474 g/mol. The van der Waals surface area contributed by atoms with Crippen LogP contribution in [0.25, 0.3) is 10.2 Å². The summed E-state index contributed by atoms with van der Waals surface area (Å²) >= 11 is 4.95. The van der Waals surface area contributed by atoms with E-state index in [2.05, 4.69) is 43.7 Å². The molecule has 1 heterocycles. The number of carbonyl (C=O) groups excluding carboxylic acids is 1. The lowest BCUT2D eigenvalue weighted by Crippen LogP contribution is -2.14. The molecule has 152 valence electrons. The molecule has 2 N–H and O–H groups in total. The lowest BCUT2D eigenvalue weighted by Gasteiger charge is -2.13. The standard InChI is InChI=1S/C21H23BrN4O2S/c1-6-12(3)25-26-21-23-16-9-11(2)18(13(4)19(16)29-21)24-20(27)14-7-8-17(28-5)15(22)10-14/h7-10H,6H2,1-5H3,(H,23,26)(H,24,27)/b25-12-. The molecule has 0 saturated heterocycles. The lowest BCUT2D eigenvalue weighted by molar-refractivity contribution is 0.102. The quantitative estimate of drug-likeness (QED) is 0.332. The number of hydrogen-bond acceptors (Lipinski definition) is 6. The topological polar surface area (TPSA) is 75.6 Å². The summed E-state index contributed by atoms with van der Waals surface area (Å²) in [5.74, 6) is 0.505. The second-order valence-electron chi connectivity index (χ2n) is 6.68. The van der Waals surface area contributed by atoms with Gasteiger partial charge in [-0.2, -0.15) is 5.10 Å². The third-order valence-electron chi connectivity index (χ3n) is 4.62. The number of methoxy groups -OCH3 is 1. The molecule has 0 bridgehead atoms. The number of hydrogen-bond donors (Lipinski definition) is 2. The van der Waals surface area contributed by atoms with Crippen molar-refractivity contribution >= 4 is 59.9 Å². The van der Waals surface area contributed by atoms with Gasteiger partial charge in [0.15, 0.2) is 0 Å². The molecule has 29 heavy (non-hydrogen) atoms. The van der Waals surface area contributed by atoms with Gasteiger partial charge in [0.2, 0.25) is 5.13 Å². The Hall–Kier alpha value is -2.45. The summed E-state index contributed by atoms with van der Waals surface area (Å²) in [6, 6.07) is 7.24. The van der Waals surface area contributed by atoms with Crippen LogP contribution in [0.4, 0.5) is 10.8 Å². The van der Waals surface area contributed by atoms with E-state index in [1.807, 2.05) is 26.8 Å². The zero-order valence-electron chi connectivity index (χ0n) is 17.0. The fraction of sp³-hybridized carbons (Fsp3) is 0.286. The molecule has 0 aliphatic rings. The molecule has 0 spiro atoms. The number of carbonyl (C=O) groups is 1. The van der Waals surface area contributed by atoms with Gasteiger partial charge in [-0.15, -0.1) is 0 Å². The van der Waals surface area contributed by atoms with Crippen LogP contribution in [0.3, 0.4) is 0 Å². The molecule has 0 fully saturated rings. The number of nitrogens with zero attached hydrogens (tertiary/aromatic N) is 2. The Kier molecular flexibility index (Phi) is 6.54. The van der Waals surface area contributed by atoms with Crippen LogP contribution in [0.15, 0.2) is 33.8 Å². The highest BCUT2D eigenvalue weighted by Gasteiger charge is 2.16. The van der Waals surface area contributed by atoms with Gasteiger partial charge in [-0.05, 0) is 78.5 Å². The van der Waals surface area contributed by atoms with Crippen molar-refractivity contribution in [2.45, 2.75) is 34.1 Å². The highest BCUT2D eigenvalue weighted by atomic mass is 79.9. The second-order valence-corrected chi connectivity index (χ2v) is 8.53. The number of hydrazone groups is 1. The summed E-state index contributed by atoms with van der Waals surface area (Å²) < 4.78 is 6.99. The van der Waals surface area contributed by atoms with E-state index in [1.54, 1.807) is 25.3 Å². The van der Waals surface area contributed by atoms with Crippen LogP contribution >= 0.6 is 27.3 Å². The van der Waals surface area contributed by atoms with E-state index in [0.717, 1.165) is 48.8 Å². The minimum absolute atomic E-state index is 0.176. The number of aryl methyl sites for hydroxylation is 2. The number of fused-ring (bicyclic) bond motifs is 1. The van der Waals surface area contributed by atoms with Gasteiger partial charge < -0.3 is 10.1 Å². The van der Waals surface area contributed by atoms with Crippen molar-refractivity contribution in [1.29, 1.82) is 0 Å². The van der Waals surface area contributed by atoms with Crippen molar-refractivity contribution < 1.29 is 9.53 Å². The van der Waals surface area contributed by atoms with Crippen LogP contribution in [0.1, 0.15) is 41.8 Å². The predicted molar refractivity (Wildman–Crippen MR) is 125 cm³/mol. The minimum Gasteiger partial charge on any atom is -0.496 e. The first-order valence-electron chi connectivity index (χ1n) is 9.18. The molecule has 1 aromatic heterocycles. The number of aromatic nitrogens is 1. The number of benzene rings is 2. The molecule has 0 radical (unpaired) electrons. The summed E-state index contributed by atoms with van der Waals surface area (Å²) in [6.45, 7) is 8.00.